The van der Waals surface area contributed by atoms with Crippen LogP contribution in [-0.2, 0) is 38.7 Å². The number of fused-ring (bicyclic) bond motifs is 1. The molecule has 0 radical (unpaired) electrons. The molecule has 0 aliphatic rings. The van der Waals surface area contributed by atoms with Crippen LogP contribution < -0.4 is 36.7 Å². The molecule has 3 amide bonds. The Balaban J connectivity index is 0.000000924. The highest BCUT2D eigenvalue weighted by Crippen LogP contribution is 2.22. The first-order chi connectivity index (χ1) is 22.8. The number of imidazole rings is 1. The second kappa shape index (κ2) is 17.4. The number of methoxy groups -OCH3 is 2. The van der Waals surface area contributed by atoms with E-state index in [9.17, 15) is 32.3 Å². The number of amides is 3. The van der Waals surface area contributed by atoms with Gasteiger partial charge in [-0.05, 0) is 46.2 Å². The third kappa shape index (κ3) is 11.8. The predicted octanol–water partition coefficient (Wildman–Crippen LogP) is 2.25. The zero-order chi connectivity index (χ0) is 37.1. The molecule has 49 heavy (non-hydrogen) atoms. The zero-order valence-corrected chi connectivity index (χ0v) is 28.5. The van der Waals surface area contributed by atoms with E-state index in [-0.39, 0.29) is 41.5 Å². The normalized spacial score (nSPS) is 11.2. The van der Waals surface area contributed by atoms with Gasteiger partial charge in [-0.3, -0.25) is 9.59 Å². The van der Waals surface area contributed by atoms with Crippen molar-refractivity contribution in [2.75, 3.05) is 38.8 Å². The number of alkyl carbamates (subject to hydrolysis) is 1. The van der Waals surface area contributed by atoms with Crippen molar-refractivity contribution in [2.24, 2.45) is 0 Å². The molecule has 0 bridgehead atoms. The van der Waals surface area contributed by atoms with E-state index in [1.165, 1.54) is 0 Å². The predicted molar refractivity (Wildman–Crippen MR) is 171 cm³/mol. The van der Waals surface area contributed by atoms with Crippen LogP contribution in [-0.4, -0.2) is 77.5 Å². The summed E-state index contributed by atoms with van der Waals surface area (Å²) in [4.78, 5) is 55.0. The topological polar surface area (TPSA) is 219 Å². The fraction of sp³-hybridized carbons (Fsp3) is 0.483. The van der Waals surface area contributed by atoms with E-state index in [0.717, 1.165) is 11.0 Å². The number of alkyl halides is 3. The molecule has 270 valence electrons. The number of nitrogens with two attached hydrogens (primary N) is 2. The molecule has 1 aromatic carbocycles. The molecule has 0 saturated heterocycles. The number of esters is 1. The van der Waals surface area contributed by atoms with Gasteiger partial charge in [-0.2, -0.15) is 13.2 Å². The van der Waals surface area contributed by atoms with Gasteiger partial charge in [0.15, 0.2) is 40.1 Å². The summed E-state index contributed by atoms with van der Waals surface area (Å²) in [6.45, 7) is 8.57. The van der Waals surface area contributed by atoms with E-state index < -0.39 is 29.7 Å². The maximum atomic E-state index is 13.0. The molecule has 20 heteroatoms. The number of aryl methyl sites for hydroxylation is 1. The molecule has 3 aromatic rings. The zero-order valence-electron chi connectivity index (χ0n) is 27.8. The maximum Gasteiger partial charge on any atom is 0.490 e. The van der Waals surface area contributed by atoms with Crippen molar-refractivity contribution in [1.82, 2.24) is 30.5 Å². The molecule has 2 aromatic heterocycles. The number of halogens is 4. The Hall–Kier alpha value is -5.07. The largest absolute Gasteiger partial charge is 0.497 e. The van der Waals surface area contributed by atoms with E-state index in [1.807, 2.05) is 28.2 Å². The molecule has 7 N–H and O–H groups in total. The van der Waals surface area contributed by atoms with Crippen LogP contribution in [0.15, 0.2) is 18.2 Å². The number of nitrogens with zero attached hydrogens (tertiary/aromatic N) is 4. The lowest BCUT2D eigenvalue weighted by atomic mass is 10.2. The van der Waals surface area contributed by atoms with Crippen LogP contribution in [0.5, 0.6) is 5.75 Å². The highest BCUT2D eigenvalue weighted by atomic mass is 35.5. The first-order valence-electron chi connectivity index (χ1n) is 14.7. The second-order valence-corrected chi connectivity index (χ2v) is 11.4. The smallest absolute Gasteiger partial charge is 0.490 e. The van der Waals surface area contributed by atoms with Crippen LogP contribution in [0, 0.1) is 0 Å². The summed E-state index contributed by atoms with van der Waals surface area (Å²) in [5.74, 6) is -1.95. The number of carbonyl (C=O) groups excluding carboxylic acids is 4. The Morgan fingerprint density at radius 2 is 1.65 bits per heavy atom. The quantitative estimate of drug-likeness (QED) is 0.110. The summed E-state index contributed by atoms with van der Waals surface area (Å²) in [5.41, 5.74) is 12.3. The number of benzene rings is 1. The number of carbonyl (C=O) groups is 4. The highest BCUT2D eigenvalue weighted by Gasteiger charge is 2.40. The van der Waals surface area contributed by atoms with Gasteiger partial charge in [-0.25, -0.2) is 28.7 Å². The van der Waals surface area contributed by atoms with Crippen molar-refractivity contribution in [3.05, 3.63) is 34.9 Å². The Labute approximate surface area is 284 Å². The molecule has 0 unspecified atom stereocenters. The Morgan fingerprint density at radius 3 is 2.20 bits per heavy atom. The summed E-state index contributed by atoms with van der Waals surface area (Å²) >= 11 is 5.94. The van der Waals surface area contributed by atoms with Gasteiger partial charge in [0.05, 0.1) is 20.8 Å². The lowest BCUT2D eigenvalue weighted by molar-refractivity contribution is -0.667. The fourth-order valence-electron chi connectivity index (χ4n) is 4.21. The third-order valence-corrected chi connectivity index (χ3v) is 6.57. The standard InChI is InChI=1S/C26H36ClN9O5.C3H3F3O2/c1-6-35-17-12-15(40-5)8-9-16(17)36(14-18(37)30-10-7-11-31-25(39)41-26(2,3)4)19(35)13-32-24(38)20-22(28)34-23(29)21(27)33-20;1-8-2(7)3(4,5)6/h8-9,12H,6-7,10-11,13-14H2,1-5H3,(H6-,28,29,30,31,32,34,37,38,39);1H3/p+1. The molecule has 0 atom stereocenters. The molecule has 0 fully saturated rings. The Kier molecular flexibility index (Phi) is 14.2. The van der Waals surface area contributed by atoms with E-state index in [2.05, 4.69) is 30.7 Å². The number of anilines is 2. The van der Waals surface area contributed by atoms with E-state index in [0.29, 0.717) is 44.7 Å². The number of aromatic nitrogens is 4. The Bertz CT molecular complexity index is 1660. The lowest BCUT2D eigenvalue weighted by Crippen LogP contribution is -2.47. The molecule has 16 nitrogen and oxygen atoms in total. The van der Waals surface area contributed by atoms with Crippen molar-refractivity contribution in [2.45, 2.75) is 65.5 Å². The van der Waals surface area contributed by atoms with Gasteiger partial charge < -0.3 is 41.6 Å². The number of hydrogen-bond donors (Lipinski definition) is 5. The minimum absolute atomic E-state index is 0.0177. The number of nitrogens with one attached hydrogen (secondary N) is 3. The summed E-state index contributed by atoms with van der Waals surface area (Å²) in [7, 11) is 2.25. The van der Waals surface area contributed by atoms with Gasteiger partial charge in [0, 0.05) is 19.2 Å². The monoisotopic (exact) mass is 718 g/mol. The van der Waals surface area contributed by atoms with Gasteiger partial charge >= 0.3 is 18.2 Å². The maximum absolute atomic E-state index is 13.0. The van der Waals surface area contributed by atoms with Crippen LogP contribution >= 0.6 is 11.6 Å². The number of ether oxygens (including phenoxy) is 3. The second-order valence-electron chi connectivity index (χ2n) is 11.0. The minimum atomic E-state index is -4.85. The minimum Gasteiger partial charge on any atom is -0.497 e. The average Bonchev–Trinajstić information content (AvgIpc) is 3.30. The van der Waals surface area contributed by atoms with Gasteiger partial charge in [-0.15, -0.1) is 0 Å². The van der Waals surface area contributed by atoms with E-state index in [4.69, 9.17) is 32.5 Å². The molecule has 0 aliphatic carbocycles. The van der Waals surface area contributed by atoms with E-state index >= 15 is 0 Å². The molecule has 0 spiro atoms. The number of rotatable bonds is 11. The molecule has 0 saturated carbocycles. The highest BCUT2D eigenvalue weighted by molar-refractivity contribution is 6.31. The van der Waals surface area contributed by atoms with Crippen LogP contribution in [0.4, 0.5) is 29.6 Å². The summed E-state index contributed by atoms with van der Waals surface area (Å²) in [5, 5.41) is 8.19. The van der Waals surface area contributed by atoms with Crippen LogP contribution in [0.3, 0.4) is 0 Å². The van der Waals surface area contributed by atoms with Crippen LogP contribution in [0.1, 0.15) is 50.4 Å². The van der Waals surface area contributed by atoms with Gasteiger partial charge in [-0.1, -0.05) is 11.6 Å². The molecule has 0 aliphatic heterocycles. The summed E-state index contributed by atoms with van der Waals surface area (Å²) in [6.07, 6.45) is -4.85. The van der Waals surface area contributed by atoms with Crippen molar-refractivity contribution >= 4 is 58.1 Å². The van der Waals surface area contributed by atoms with Crippen molar-refractivity contribution in [1.29, 1.82) is 0 Å². The molecular weight excluding hydrogens is 679 g/mol. The number of nitrogen functional groups attached to an aromatic ring is 2. The van der Waals surface area contributed by atoms with Crippen molar-refractivity contribution in [3.63, 3.8) is 0 Å². The average molecular weight is 719 g/mol. The van der Waals surface area contributed by atoms with Crippen LogP contribution in [0.25, 0.3) is 11.0 Å². The van der Waals surface area contributed by atoms with Crippen LogP contribution in [0.2, 0.25) is 5.15 Å². The molecule has 2 heterocycles. The SMILES string of the molecule is CCn1c(CNC(=O)c2nc(Cl)c(N)nc2N)[n+](CC(=O)NCCCNC(=O)OC(C)(C)C)c2ccc(OC)cc21.COC(=O)C(F)(F)F. The van der Waals surface area contributed by atoms with Crippen molar-refractivity contribution < 1.29 is 51.1 Å². The van der Waals surface area contributed by atoms with Gasteiger partial charge in [0.25, 0.3) is 17.6 Å². The number of hydrogen-bond acceptors (Lipinski definition) is 11. The summed E-state index contributed by atoms with van der Waals surface area (Å²) in [6, 6.07) is 5.52. The molecule has 3 rings (SSSR count). The lowest BCUT2D eigenvalue weighted by Gasteiger charge is -2.19. The third-order valence-electron chi connectivity index (χ3n) is 6.29. The summed E-state index contributed by atoms with van der Waals surface area (Å²) < 4.78 is 50.7. The fourth-order valence-corrected chi connectivity index (χ4v) is 4.33. The first kappa shape index (κ1) is 40.1. The Morgan fingerprint density at radius 1 is 1.00 bits per heavy atom. The molecular formula is C29H40ClF3N9O7+. The van der Waals surface area contributed by atoms with E-state index in [1.54, 1.807) is 33.9 Å². The first-order valence-corrected chi connectivity index (χ1v) is 15.0. The van der Waals surface area contributed by atoms with Gasteiger partial charge in [0.2, 0.25) is 0 Å². The van der Waals surface area contributed by atoms with Crippen molar-refractivity contribution in [3.8, 4) is 5.75 Å². The van der Waals surface area contributed by atoms with Gasteiger partial charge in [0.1, 0.15) is 17.9 Å².